The summed E-state index contributed by atoms with van der Waals surface area (Å²) in [6, 6.07) is 9.32. The summed E-state index contributed by atoms with van der Waals surface area (Å²) in [5.41, 5.74) is 0.699. The van der Waals surface area contributed by atoms with Crippen molar-refractivity contribution in [3.8, 4) is 5.88 Å². The zero-order valence-corrected chi connectivity index (χ0v) is 14.5. The Bertz CT molecular complexity index is 693. The molecule has 1 atom stereocenters. The van der Waals surface area contributed by atoms with Crippen LogP contribution in [0.5, 0.6) is 5.88 Å². The number of carbonyl (C=O) groups excluding carboxylic acids is 1. The van der Waals surface area contributed by atoms with Gasteiger partial charge in [-0.2, -0.15) is 4.98 Å². The molecule has 2 heterocycles. The lowest BCUT2D eigenvalue weighted by Gasteiger charge is -2.33. The van der Waals surface area contributed by atoms with Gasteiger partial charge in [-0.15, -0.1) is 0 Å². The first-order valence-electron chi connectivity index (χ1n) is 8.79. The first-order chi connectivity index (χ1) is 12.3. The molecule has 1 aromatic heterocycles. The van der Waals surface area contributed by atoms with Crippen LogP contribution in [-0.2, 0) is 0 Å². The van der Waals surface area contributed by atoms with E-state index in [0.29, 0.717) is 30.5 Å². The summed E-state index contributed by atoms with van der Waals surface area (Å²) in [5, 5.41) is 3.05. The number of nitrogens with one attached hydrogen (secondary N) is 1. The van der Waals surface area contributed by atoms with Crippen molar-refractivity contribution in [3.05, 3.63) is 48.3 Å². The molecule has 0 saturated carbocycles. The number of hydrogen-bond donors (Lipinski definition) is 1. The molecule has 1 aliphatic heterocycles. The van der Waals surface area contributed by atoms with Gasteiger partial charge in [0.05, 0.1) is 19.0 Å². The number of rotatable bonds is 6. The fourth-order valence-electron chi connectivity index (χ4n) is 3.08. The summed E-state index contributed by atoms with van der Waals surface area (Å²) < 4.78 is 5.43. The summed E-state index contributed by atoms with van der Waals surface area (Å²) in [7, 11) is 0. The van der Waals surface area contributed by atoms with Crippen molar-refractivity contribution in [1.29, 1.82) is 0 Å². The third kappa shape index (κ3) is 4.68. The van der Waals surface area contributed by atoms with E-state index in [1.54, 1.807) is 12.4 Å². The predicted octanol–water partition coefficient (Wildman–Crippen LogP) is 2.52. The van der Waals surface area contributed by atoms with Gasteiger partial charge in [0.1, 0.15) is 0 Å². The smallest absolute Gasteiger partial charge is 0.251 e. The van der Waals surface area contributed by atoms with E-state index in [2.05, 4.69) is 20.2 Å². The number of hydrogen-bond acceptors (Lipinski definition) is 5. The Labute approximate surface area is 148 Å². The van der Waals surface area contributed by atoms with Gasteiger partial charge in [-0.1, -0.05) is 18.2 Å². The van der Waals surface area contributed by atoms with E-state index in [1.165, 1.54) is 0 Å². The van der Waals surface area contributed by atoms with Gasteiger partial charge in [0.15, 0.2) is 5.82 Å². The average Bonchev–Trinajstić information content (AvgIpc) is 2.67. The van der Waals surface area contributed by atoms with Gasteiger partial charge in [0.25, 0.3) is 5.91 Å². The van der Waals surface area contributed by atoms with Crippen molar-refractivity contribution in [2.75, 3.05) is 31.1 Å². The highest BCUT2D eigenvalue weighted by Gasteiger charge is 2.22. The quantitative estimate of drug-likeness (QED) is 0.875. The average molecular weight is 340 g/mol. The molecular weight excluding hydrogens is 316 g/mol. The molecule has 6 nitrogen and oxygen atoms in total. The summed E-state index contributed by atoms with van der Waals surface area (Å²) >= 11 is 0. The summed E-state index contributed by atoms with van der Waals surface area (Å²) in [6.07, 6.45) is 5.58. The number of aromatic nitrogens is 2. The van der Waals surface area contributed by atoms with E-state index in [0.717, 1.165) is 31.7 Å². The van der Waals surface area contributed by atoms with Crippen molar-refractivity contribution >= 4 is 11.7 Å². The van der Waals surface area contributed by atoms with Crippen LogP contribution >= 0.6 is 0 Å². The van der Waals surface area contributed by atoms with Gasteiger partial charge >= 0.3 is 0 Å². The SMILES string of the molecule is CCOc1cncc(N2CCC[C@@H](CNC(=O)c3ccccc3)C2)n1. The van der Waals surface area contributed by atoms with Crippen LogP contribution in [0.25, 0.3) is 0 Å². The van der Waals surface area contributed by atoms with E-state index in [4.69, 9.17) is 4.74 Å². The maximum Gasteiger partial charge on any atom is 0.251 e. The molecule has 132 valence electrons. The molecule has 1 fully saturated rings. The molecule has 0 spiro atoms. The predicted molar refractivity (Wildman–Crippen MR) is 96.9 cm³/mol. The van der Waals surface area contributed by atoms with Gasteiger partial charge in [-0.25, -0.2) is 0 Å². The molecule has 0 radical (unpaired) electrons. The van der Waals surface area contributed by atoms with E-state index < -0.39 is 0 Å². The van der Waals surface area contributed by atoms with Crippen molar-refractivity contribution in [2.45, 2.75) is 19.8 Å². The molecular formula is C19H24N4O2. The summed E-state index contributed by atoms with van der Waals surface area (Å²) in [5.74, 6) is 1.78. The number of carbonyl (C=O) groups is 1. The van der Waals surface area contributed by atoms with Gasteiger partial charge < -0.3 is 15.0 Å². The molecule has 0 aliphatic carbocycles. The third-order valence-electron chi connectivity index (χ3n) is 4.32. The second-order valence-corrected chi connectivity index (χ2v) is 6.18. The molecule has 0 unspecified atom stereocenters. The van der Waals surface area contributed by atoms with Crippen LogP contribution in [0.4, 0.5) is 5.82 Å². The first kappa shape index (κ1) is 17.2. The Morgan fingerprint density at radius 2 is 2.16 bits per heavy atom. The normalized spacial score (nSPS) is 17.2. The molecule has 1 aromatic carbocycles. The highest BCUT2D eigenvalue weighted by Crippen LogP contribution is 2.22. The Morgan fingerprint density at radius 1 is 1.32 bits per heavy atom. The maximum atomic E-state index is 12.2. The summed E-state index contributed by atoms with van der Waals surface area (Å²) in [4.78, 5) is 23.1. The lowest BCUT2D eigenvalue weighted by molar-refractivity contribution is 0.0945. The van der Waals surface area contributed by atoms with Crippen LogP contribution in [0.15, 0.2) is 42.7 Å². The highest BCUT2D eigenvalue weighted by molar-refractivity contribution is 5.94. The van der Waals surface area contributed by atoms with Gasteiger partial charge in [-0.3, -0.25) is 9.78 Å². The van der Waals surface area contributed by atoms with Gasteiger partial charge in [0.2, 0.25) is 5.88 Å². The van der Waals surface area contributed by atoms with Crippen LogP contribution in [0.1, 0.15) is 30.1 Å². The second kappa shape index (κ2) is 8.46. The van der Waals surface area contributed by atoms with Crippen molar-refractivity contribution in [2.24, 2.45) is 5.92 Å². The summed E-state index contributed by atoms with van der Waals surface area (Å²) in [6.45, 7) is 4.99. The minimum atomic E-state index is -0.0177. The largest absolute Gasteiger partial charge is 0.477 e. The minimum Gasteiger partial charge on any atom is -0.477 e. The van der Waals surface area contributed by atoms with Gasteiger partial charge in [-0.05, 0) is 37.8 Å². The van der Waals surface area contributed by atoms with Crippen molar-refractivity contribution < 1.29 is 9.53 Å². The number of nitrogens with zero attached hydrogens (tertiary/aromatic N) is 3. The topological polar surface area (TPSA) is 67.3 Å². The van der Waals surface area contributed by atoms with E-state index in [-0.39, 0.29) is 5.91 Å². The monoisotopic (exact) mass is 340 g/mol. The van der Waals surface area contributed by atoms with E-state index in [9.17, 15) is 4.79 Å². The van der Waals surface area contributed by atoms with Crippen LogP contribution < -0.4 is 15.0 Å². The molecule has 1 aliphatic rings. The third-order valence-corrected chi connectivity index (χ3v) is 4.32. The first-order valence-corrected chi connectivity index (χ1v) is 8.79. The zero-order valence-electron chi connectivity index (χ0n) is 14.5. The molecule has 1 amide bonds. The Hall–Kier alpha value is -2.63. The molecule has 3 rings (SSSR count). The van der Waals surface area contributed by atoms with Crippen molar-refractivity contribution in [1.82, 2.24) is 15.3 Å². The lowest BCUT2D eigenvalue weighted by Crippen LogP contribution is -2.41. The molecule has 6 heteroatoms. The second-order valence-electron chi connectivity index (χ2n) is 6.18. The fraction of sp³-hybridized carbons (Fsp3) is 0.421. The van der Waals surface area contributed by atoms with Crippen LogP contribution in [0.3, 0.4) is 0 Å². The maximum absolute atomic E-state index is 12.2. The van der Waals surface area contributed by atoms with Crippen LogP contribution in [0.2, 0.25) is 0 Å². The van der Waals surface area contributed by atoms with Crippen molar-refractivity contribution in [3.63, 3.8) is 0 Å². The standard InChI is InChI=1S/C19H24N4O2/c1-2-25-18-13-20-12-17(22-18)23-10-6-7-15(14-23)11-21-19(24)16-8-4-3-5-9-16/h3-5,8-9,12-13,15H,2,6-7,10-11,14H2,1H3,(H,21,24)/t15-/m0/s1. The number of benzene rings is 1. The lowest BCUT2D eigenvalue weighted by atomic mass is 9.98. The minimum absolute atomic E-state index is 0.0177. The van der Waals surface area contributed by atoms with Crippen LogP contribution in [-0.4, -0.2) is 42.1 Å². The fourth-order valence-corrected chi connectivity index (χ4v) is 3.08. The number of amides is 1. The molecule has 1 saturated heterocycles. The highest BCUT2D eigenvalue weighted by atomic mass is 16.5. The van der Waals surface area contributed by atoms with E-state index in [1.807, 2.05) is 37.3 Å². The van der Waals surface area contributed by atoms with Crippen LogP contribution in [0, 0.1) is 5.92 Å². The molecule has 2 aromatic rings. The zero-order chi connectivity index (χ0) is 17.5. The molecule has 25 heavy (non-hydrogen) atoms. The Balaban J connectivity index is 1.56. The number of piperidine rings is 1. The number of anilines is 1. The number of ether oxygens (including phenoxy) is 1. The molecule has 1 N–H and O–H groups in total. The van der Waals surface area contributed by atoms with E-state index >= 15 is 0 Å². The Kier molecular flexibility index (Phi) is 5.82. The molecule has 0 bridgehead atoms. The Morgan fingerprint density at radius 3 is 2.96 bits per heavy atom. The van der Waals surface area contributed by atoms with Gasteiger partial charge in [0, 0.05) is 25.2 Å².